The van der Waals surface area contributed by atoms with Crippen LogP contribution in [0.5, 0.6) is 5.75 Å². The number of hydrogen-bond donors (Lipinski definition) is 0. The Hall–Kier alpha value is -3.32. The first-order chi connectivity index (χ1) is 16.7. The van der Waals surface area contributed by atoms with Gasteiger partial charge < -0.3 is 4.74 Å². The van der Waals surface area contributed by atoms with E-state index in [0.29, 0.717) is 5.75 Å². The lowest BCUT2D eigenvalue weighted by atomic mass is 9.85. The molecule has 1 aliphatic heterocycles. The van der Waals surface area contributed by atoms with Gasteiger partial charge in [0.1, 0.15) is 11.7 Å². The zero-order chi connectivity index (χ0) is 23.1. The van der Waals surface area contributed by atoms with Crippen molar-refractivity contribution in [1.29, 1.82) is 0 Å². The molecule has 0 bridgehead atoms. The van der Waals surface area contributed by atoms with E-state index >= 15 is 0 Å². The van der Waals surface area contributed by atoms with E-state index in [2.05, 4.69) is 11.0 Å². The molecule has 1 aliphatic rings. The molecular formula is C27H17ClN2O2S2. The third-order valence-corrected chi connectivity index (χ3v) is 7.82. The Bertz CT molecular complexity index is 1440. The fourth-order valence-electron chi connectivity index (χ4n) is 4.32. The normalized spacial score (nSPS) is 12.9. The summed E-state index contributed by atoms with van der Waals surface area (Å²) in [4.78, 5) is 21.5. The highest BCUT2D eigenvalue weighted by molar-refractivity contribution is 8.21. The number of fused-ring (bicyclic) bond motifs is 3. The fourth-order valence-corrected chi connectivity index (χ4v) is 5.86. The number of nitrogens with zero attached hydrogens (tertiary/aromatic N) is 2. The van der Waals surface area contributed by atoms with Crippen LogP contribution in [-0.2, 0) is 4.79 Å². The predicted octanol–water partition coefficient (Wildman–Crippen LogP) is 8.06. The number of ether oxygens (including phenoxy) is 1. The summed E-state index contributed by atoms with van der Waals surface area (Å²) < 4.78 is 6.95. The third kappa shape index (κ3) is 3.64. The maximum absolute atomic E-state index is 13.5. The van der Waals surface area contributed by atoms with Crippen molar-refractivity contribution >= 4 is 65.7 Å². The third-order valence-electron chi connectivity index (χ3n) is 5.82. The summed E-state index contributed by atoms with van der Waals surface area (Å²) in [6, 6.07) is 31.2. The highest BCUT2D eigenvalue weighted by Crippen LogP contribution is 2.50. The van der Waals surface area contributed by atoms with Crippen LogP contribution in [0.25, 0.3) is 10.2 Å². The largest absolute Gasteiger partial charge is 0.426 e. The molecule has 0 spiro atoms. The van der Waals surface area contributed by atoms with Crippen LogP contribution in [0.15, 0.2) is 102 Å². The van der Waals surface area contributed by atoms with Crippen LogP contribution >= 0.6 is 33.0 Å². The first-order valence-electron chi connectivity index (χ1n) is 10.7. The highest BCUT2D eigenvalue weighted by atomic mass is 35.7. The molecule has 0 atom stereocenters. The van der Waals surface area contributed by atoms with Gasteiger partial charge in [0, 0.05) is 4.90 Å². The standard InChI is InChI=1S/C27H17ClN2O2S2/c28-34-18-15-13-17(14-16-18)32-26(31)25-19-7-1-4-10-22(19)30(23-11-5-2-8-20(23)25)27-29-21-9-3-6-12-24(21)33-27/h1-16,25H. The number of carbonyl (C=O) groups is 1. The van der Waals surface area contributed by atoms with Crippen molar-refractivity contribution in [3.05, 3.63) is 108 Å². The fraction of sp³-hybridized carbons (Fsp3) is 0.0370. The second-order valence-electron chi connectivity index (χ2n) is 7.82. The molecule has 0 saturated carbocycles. The highest BCUT2D eigenvalue weighted by Gasteiger charge is 2.37. The zero-order valence-corrected chi connectivity index (χ0v) is 20.1. The molecule has 0 unspecified atom stereocenters. The van der Waals surface area contributed by atoms with Crippen molar-refractivity contribution in [2.24, 2.45) is 0 Å². The molecule has 0 radical (unpaired) electrons. The van der Waals surface area contributed by atoms with Crippen LogP contribution < -0.4 is 9.64 Å². The van der Waals surface area contributed by atoms with Gasteiger partial charge in [-0.2, -0.15) is 0 Å². The molecule has 2 heterocycles. The molecule has 0 saturated heterocycles. The molecule has 34 heavy (non-hydrogen) atoms. The van der Waals surface area contributed by atoms with Gasteiger partial charge in [-0.15, -0.1) is 0 Å². The number of benzene rings is 4. The van der Waals surface area contributed by atoms with Crippen molar-refractivity contribution in [3.8, 4) is 5.75 Å². The van der Waals surface area contributed by atoms with Gasteiger partial charge in [-0.1, -0.05) is 59.9 Å². The van der Waals surface area contributed by atoms with Crippen molar-refractivity contribution in [3.63, 3.8) is 0 Å². The van der Waals surface area contributed by atoms with Gasteiger partial charge in [-0.3, -0.25) is 9.69 Å². The lowest BCUT2D eigenvalue weighted by Gasteiger charge is -2.35. The molecule has 7 heteroatoms. The van der Waals surface area contributed by atoms with Crippen LogP contribution in [-0.4, -0.2) is 11.0 Å². The van der Waals surface area contributed by atoms with Crippen molar-refractivity contribution in [2.45, 2.75) is 10.8 Å². The van der Waals surface area contributed by atoms with Crippen molar-refractivity contribution in [2.75, 3.05) is 4.90 Å². The number of hydrogen-bond acceptors (Lipinski definition) is 6. The lowest BCUT2D eigenvalue weighted by Crippen LogP contribution is -2.28. The number of rotatable bonds is 4. The molecule has 5 aromatic rings. The summed E-state index contributed by atoms with van der Waals surface area (Å²) in [5, 5.41) is 0.863. The van der Waals surface area contributed by atoms with Crippen LogP contribution in [0.2, 0.25) is 0 Å². The Morgan fingerprint density at radius 3 is 2.12 bits per heavy atom. The van der Waals surface area contributed by atoms with E-state index < -0.39 is 5.92 Å². The number of anilines is 3. The number of thiazole rings is 1. The van der Waals surface area contributed by atoms with E-state index in [1.807, 2.05) is 78.9 Å². The minimum atomic E-state index is -0.555. The smallest absolute Gasteiger partial charge is 0.323 e. The monoisotopic (exact) mass is 500 g/mol. The quantitative estimate of drug-likeness (QED) is 0.184. The number of esters is 1. The topological polar surface area (TPSA) is 42.4 Å². The number of halogens is 1. The summed E-state index contributed by atoms with van der Waals surface area (Å²) in [6.45, 7) is 0. The van der Waals surface area contributed by atoms with Gasteiger partial charge in [-0.05, 0) is 81.3 Å². The van der Waals surface area contributed by atoms with Gasteiger partial charge >= 0.3 is 5.97 Å². The number of aromatic nitrogens is 1. The van der Waals surface area contributed by atoms with E-state index in [4.69, 9.17) is 20.4 Å². The average molecular weight is 501 g/mol. The van der Waals surface area contributed by atoms with Gasteiger partial charge in [0.25, 0.3) is 0 Å². The molecular weight excluding hydrogens is 484 g/mol. The lowest BCUT2D eigenvalue weighted by molar-refractivity contribution is -0.135. The predicted molar refractivity (Wildman–Crippen MR) is 140 cm³/mol. The Morgan fingerprint density at radius 2 is 1.47 bits per heavy atom. The number of carbonyl (C=O) groups excluding carboxylic acids is 1. The first kappa shape index (κ1) is 21.2. The Balaban J connectivity index is 1.46. The molecule has 166 valence electrons. The molecule has 1 aromatic heterocycles. The van der Waals surface area contributed by atoms with Crippen molar-refractivity contribution < 1.29 is 9.53 Å². The van der Waals surface area contributed by atoms with Gasteiger partial charge in [0.15, 0.2) is 5.13 Å². The zero-order valence-electron chi connectivity index (χ0n) is 17.7. The molecule has 0 amide bonds. The summed E-state index contributed by atoms with van der Waals surface area (Å²) in [5.41, 5.74) is 4.58. The van der Waals surface area contributed by atoms with Crippen LogP contribution in [0, 0.1) is 0 Å². The Labute approximate surface area is 209 Å². The maximum atomic E-state index is 13.5. The second-order valence-corrected chi connectivity index (χ2v) is 9.92. The minimum Gasteiger partial charge on any atom is -0.426 e. The van der Waals surface area contributed by atoms with Gasteiger partial charge in [0.05, 0.1) is 21.6 Å². The first-order valence-corrected chi connectivity index (χ1v) is 13.1. The van der Waals surface area contributed by atoms with E-state index in [9.17, 15) is 4.79 Å². The van der Waals surface area contributed by atoms with E-state index in [1.165, 1.54) is 0 Å². The van der Waals surface area contributed by atoms with Crippen LogP contribution in [0.3, 0.4) is 0 Å². The average Bonchev–Trinajstić information content (AvgIpc) is 3.31. The summed E-state index contributed by atoms with van der Waals surface area (Å²) in [7, 11) is 6.94. The van der Waals surface area contributed by atoms with Crippen LogP contribution in [0.4, 0.5) is 16.5 Å². The maximum Gasteiger partial charge on any atom is 0.323 e. The summed E-state index contributed by atoms with van der Waals surface area (Å²) in [5.74, 6) is -0.390. The van der Waals surface area contributed by atoms with Gasteiger partial charge in [0.2, 0.25) is 0 Å². The molecule has 0 N–H and O–H groups in total. The second kappa shape index (κ2) is 8.80. The van der Waals surface area contributed by atoms with E-state index in [-0.39, 0.29) is 5.97 Å². The van der Waals surface area contributed by atoms with Gasteiger partial charge in [-0.25, -0.2) is 4.98 Å². The summed E-state index contributed by atoms with van der Waals surface area (Å²) in [6.07, 6.45) is 0. The van der Waals surface area contributed by atoms with E-state index in [0.717, 1.165) is 53.7 Å². The Kier molecular flexibility index (Phi) is 5.49. The minimum absolute atomic E-state index is 0.324. The van der Waals surface area contributed by atoms with E-state index in [1.54, 1.807) is 23.5 Å². The molecule has 0 aliphatic carbocycles. The SMILES string of the molecule is O=C(Oc1ccc(SCl)cc1)C1c2ccccc2N(c2nc3ccccc3s2)c2ccccc21. The molecule has 4 nitrogen and oxygen atoms in total. The summed E-state index contributed by atoms with van der Waals surface area (Å²) >= 11 is 1.63. The molecule has 6 rings (SSSR count). The van der Waals surface area contributed by atoms with Crippen LogP contribution in [0.1, 0.15) is 17.0 Å². The molecule has 0 fully saturated rings. The molecule has 4 aromatic carbocycles. The van der Waals surface area contributed by atoms with Crippen molar-refractivity contribution in [1.82, 2.24) is 4.98 Å². The number of para-hydroxylation sites is 3. The Morgan fingerprint density at radius 1 is 0.853 bits per heavy atom.